The SMILES string of the molecule is COC(=O)[C@H](CC#C[Si](C)(C)C(C)(C)C)NC(=O)[C@@H](O)c1ccc(C(F)(F)F)cc1. The molecule has 0 radical (unpaired) electrons. The zero-order valence-corrected chi connectivity index (χ0v) is 19.0. The molecule has 2 N–H and O–H groups in total. The first-order valence-corrected chi connectivity index (χ1v) is 12.3. The van der Waals surface area contributed by atoms with Crippen LogP contribution >= 0.6 is 0 Å². The summed E-state index contributed by atoms with van der Waals surface area (Å²) in [6.45, 7) is 10.5. The van der Waals surface area contributed by atoms with Crippen molar-refractivity contribution in [2.75, 3.05) is 7.11 Å². The number of hydrogen-bond acceptors (Lipinski definition) is 4. The standard InChI is InChI=1S/C21H28F3NO4Si/c1-20(2,3)30(5,6)13-7-8-16(19(28)29-4)25-18(27)17(26)14-9-11-15(12-10-14)21(22,23)24/h9-12,16-17,26H,8H2,1-6H3,(H,25,27)/t16-,17-/m0/s1. The van der Waals surface area contributed by atoms with Gasteiger partial charge in [-0.2, -0.15) is 13.2 Å². The summed E-state index contributed by atoms with van der Waals surface area (Å²) in [6.07, 6.45) is -6.28. The smallest absolute Gasteiger partial charge is 0.416 e. The molecule has 0 saturated carbocycles. The fraction of sp³-hybridized carbons (Fsp3) is 0.524. The van der Waals surface area contributed by atoms with E-state index in [1.165, 1.54) is 0 Å². The maximum Gasteiger partial charge on any atom is 0.416 e. The van der Waals surface area contributed by atoms with Gasteiger partial charge in [-0.25, -0.2) is 4.79 Å². The lowest BCUT2D eigenvalue weighted by molar-refractivity contribution is -0.146. The number of aliphatic hydroxyl groups is 1. The van der Waals surface area contributed by atoms with Gasteiger partial charge in [-0.05, 0) is 22.7 Å². The van der Waals surface area contributed by atoms with Crippen LogP contribution in [-0.4, -0.2) is 38.2 Å². The van der Waals surface area contributed by atoms with Crippen LogP contribution in [0.3, 0.4) is 0 Å². The Balaban J connectivity index is 2.93. The summed E-state index contributed by atoms with van der Waals surface area (Å²) in [5.41, 5.74) is 2.30. The molecule has 166 valence electrons. The minimum Gasteiger partial charge on any atom is -0.467 e. The first-order valence-electron chi connectivity index (χ1n) is 9.33. The highest BCUT2D eigenvalue weighted by Crippen LogP contribution is 2.35. The zero-order chi connectivity index (χ0) is 23.3. The summed E-state index contributed by atoms with van der Waals surface area (Å²) >= 11 is 0. The maximum atomic E-state index is 12.7. The monoisotopic (exact) mass is 443 g/mol. The molecule has 0 spiro atoms. The van der Waals surface area contributed by atoms with Crippen LogP contribution in [0.5, 0.6) is 0 Å². The van der Waals surface area contributed by atoms with Crippen molar-refractivity contribution in [3.8, 4) is 11.5 Å². The average Bonchev–Trinajstić information content (AvgIpc) is 2.64. The van der Waals surface area contributed by atoms with Crippen molar-refractivity contribution in [2.45, 2.75) is 63.6 Å². The molecule has 0 aliphatic heterocycles. The molecule has 0 aliphatic carbocycles. The van der Waals surface area contributed by atoms with E-state index in [9.17, 15) is 27.9 Å². The second-order valence-corrected chi connectivity index (χ2v) is 13.5. The summed E-state index contributed by atoms with van der Waals surface area (Å²) < 4.78 is 42.6. The Bertz CT molecular complexity index is 818. The number of amides is 1. The van der Waals surface area contributed by atoms with Crippen LogP contribution in [0, 0.1) is 11.5 Å². The molecule has 1 aromatic rings. The fourth-order valence-corrected chi connectivity index (χ4v) is 3.07. The van der Waals surface area contributed by atoms with Crippen LogP contribution in [0.2, 0.25) is 18.1 Å². The highest BCUT2D eigenvalue weighted by atomic mass is 28.3. The molecule has 5 nitrogen and oxygen atoms in total. The lowest BCUT2D eigenvalue weighted by Crippen LogP contribution is -2.43. The van der Waals surface area contributed by atoms with Crippen molar-refractivity contribution in [2.24, 2.45) is 0 Å². The Labute approximate surface area is 176 Å². The van der Waals surface area contributed by atoms with E-state index in [0.29, 0.717) is 0 Å². The molecule has 0 fully saturated rings. The molecule has 1 amide bonds. The van der Waals surface area contributed by atoms with Crippen molar-refractivity contribution in [1.29, 1.82) is 0 Å². The molecule has 9 heteroatoms. The van der Waals surface area contributed by atoms with Gasteiger partial charge in [0.1, 0.15) is 14.1 Å². The van der Waals surface area contributed by atoms with Crippen LogP contribution < -0.4 is 5.32 Å². The quantitative estimate of drug-likeness (QED) is 0.412. The third-order valence-electron chi connectivity index (χ3n) is 5.19. The van der Waals surface area contributed by atoms with Crippen molar-refractivity contribution < 1.29 is 32.6 Å². The van der Waals surface area contributed by atoms with Crippen LogP contribution in [0.25, 0.3) is 0 Å². The first-order chi connectivity index (χ1) is 13.6. The van der Waals surface area contributed by atoms with E-state index >= 15 is 0 Å². The molecule has 30 heavy (non-hydrogen) atoms. The van der Waals surface area contributed by atoms with Crippen LogP contribution in [0.15, 0.2) is 24.3 Å². The molecule has 0 saturated heterocycles. The van der Waals surface area contributed by atoms with E-state index in [1.54, 1.807) is 0 Å². The Hall–Kier alpha value is -2.31. The van der Waals surface area contributed by atoms with E-state index in [4.69, 9.17) is 0 Å². The fourth-order valence-electron chi connectivity index (χ4n) is 2.15. The topological polar surface area (TPSA) is 75.6 Å². The maximum absolute atomic E-state index is 12.7. The van der Waals surface area contributed by atoms with Crippen molar-refractivity contribution in [1.82, 2.24) is 5.32 Å². The van der Waals surface area contributed by atoms with Crippen molar-refractivity contribution >= 4 is 20.0 Å². The second-order valence-electron chi connectivity index (χ2n) is 8.49. The number of alkyl halides is 3. The first kappa shape index (κ1) is 25.7. The minimum absolute atomic E-state index is 0.00927. The number of rotatable bonds is 5. The number of aliphatic hydroxyl groups excluding tert-OH is 1. The highest BCUT2D eigenvalue weighted by Gasteiger charge is 2.34. The molecular weight excluding hydrogens is 415 g/mol. The molecule has 1 rings (SSSR count). The molecule has 0 heterocycles. The number of esters is 1. The number of halogens is 3. The highest BCUT2D eigenvalue weighted by molar-refractivity contribution is 6.87. The number of methoxy groups -OCH3 is 1. The van der Waals surface area contributed by atoms with E-state index < -0.39 is 43.8 Å². The van der Waals surface area contributed by atoms with Gasteiger partial charge in [0.15, 0.2) is 6.10 Å². The Kier molecular flexibility index (Phi) is 8.29. The lowest BCUT2D eigenvalue weighted by Gasteiger charge is -2.31. The Morgan fingerprint density at radius 1 is 1.17 bits per heavy atom. The van der Waals surface area contributed by atoms with Gasteiger partial charge in [-0.1, -0.05) is 46.0 Å². The number of ether oxygens (including phenoxy) is 1. The number of carbonyl (C=O) groups is 2. The van der Waals surface area contributed by atoms with E-state index in [0.717, 1.165) is 31.4 Å². The van der Waals surface area contributed by atoms with Crippen LogP contribution in [0.4, 0.5) is 13.2 Å². The van der Waals surface area contributed by atoms with Gasteiger partial charge in [-0.3, -0.25) is 4.79 Å². The number of benzene rings is 1. The zero-order valence-electron chi connectivity index (χ0n) is 18.0. The summed E-state index contributed by atoms with van der Waals surface area (Å²) in [5, 5.41) is 12.6. The largest absolute Gasteiger partial charge is 0.467 e. The van der Waals surface area contributed by atoms with Crippen molar-refractivity contribution in [3.63, 3.8) is 0 Å². The molecule has 2 atom stereocenters. The van der Waals surface area contributed by atoms with Gasteiger partial charge in [0.25, 0.3) is 5.91 Å². The Morgan fingerprint density at radius 3 is 2.13 bits per heavy atom. The molecular formula is C21H28F3NO4Si. The molecule has 0 unspecified atom stereocenters. The lowest BCUT2D eigenvalue weighted by atomic mass is 10.1. The van der Waals surface area contributed by atoms with Crippen molar-refractivity contribution in [3.05, 3.63) is 35.4 Å². The number of carbonyl (C=O) groups excluding carboxylic acids is 2. The van der Waals surface area contributed by atoms with Gasteiger partial charge in [0.2, 0.25) is 0 Å². The molecule has 0 aliphatic rings. The van der Waals surface area contributed by atoms with Crippen LogP contribution in [0.1, 0.15) is 44.4 Å². The Morgan fingerprint density at radius 2 is 1.70 bits per heavy atom. The van der Waals surface area contributed by atoms with Gasteiger partial charge in [0, 0.05) is 6.42 Å². The summed E-state index contributed by atoms with van der Waals surface area (Å²) in [7, 11) is -0.757. The normalized spacial score (nSPS) is 14.2. The van der Waals surface area contributed by atoms with E-state index in [2.05, 4.69) is 55.4 Å². The molecule has 0 aromatic heterocycles. The van der Waals surface area contributed by atoms with Gasteiger partial charge < -0.3 is 15.2 Å². The van der Waals surface area contributed by atoms with Gasteiger partial charge in [0.05, 0.1) is 12.7 Å². The predicted molar refractivity (Wildman–Crippen MR) is 110 cm³/mol. The third kappa shape index (κ3) is 6.88. The second kappa shape index (κ2) is 9.66. The number of hydrogen-bond donors (Lipinski definition) is 2. The predicted octanol–water partition coefficient (Wildman–Crippen LogP) is 3.84. The summed E-state index contributed by atoms with van der Waals surface area (Å²) in [5.74, 6) is 1.28. The molecule has 1 aromatic carbocycles. The van der Waals surface area contributed by atoms with E-state index in [-0.39, 0.29) is 17.0 Å². The van der Waals surface area contributed by atoms with Gasteiger partial charge in [-0.15, -0.1) is 11.5 Å². The summed E-state index contributed by atoms with van der Waals surface area (Å²) in [4.78, 5) is 24.4. The minimum atomic E-state index is -4.52. The van der Waals surface area contributed by atoms with E-state index in [1.807, 2.05) is 0 Å². The average molecular weight is 444 g/mol. The summed E-state index contributed by atoms with van der Waals surface area (Å²) in [6, 6.07) is 2.46. The third-order valence-corrected chi connectivity index (χ3v) is 9.74. The van der Waals surface area contributed by atoms with Gasteiger partial charge >= 0.3 is 12.1 Å². The number of nitrogens with one attached hydrogen (secondary N) is 1. The molecule has 0 bridgehead atoms. The van der Waals surface area contributed by atoms with Crippen LogP contribution in [-0.2, 0) is 20.5 Å².